The molecule has 7 nitrogen and oxygen atoms in total. The van der Waals surface area contributed by atoms with E-state index in [-0.39, 0.29) is 24.7 Å². The first-order valence-corrected chi connectivity index (χ1v) is 10.7. The van der Waals surface area contributed by atoms with E-state index in [9.17, 15) is 18.3 Å². The Morgan fingerprint density at radius 1 is 1.26 bits per heavy atom. The van der Waals surface area contributed by atoms with Gasteiger partial charge in [0.2, 0.25) is 10.0 Å². The number of aliphatic hydroxyl groups excluding tert-OH is 1. The molecular formula is C18H23NO6S2. The van der Waals surface area contributed by atoms with E-state index in [1.165, 1.54) is 43.0 Å². The molecule has 2 N–H and O–H groups in total. The molecule has 0 spiro atoms. The molecule has 1 aliphatic rings. The summed E-state index contributed by atoms with van der Waals surface area (Å²) < 4.78 is 32.0. The maximum Gasteiger partial charge on any atom is 0.326 e. The van der Waals surface area contributed by atoms with Crippen LogP contribution in [0.2, 0.25) is 0 Å². The molecule has 1 saturated heterocycles. The highest BCUT2D eigenvalue weighted by Gasteiger charge is 2.58. The number of aliphatic hydroxyl groups is 1. The molecule has 0 radical (unpaired) electrons. The van der Waals surface area contributed by atoms with Crippen molar-refractivity contribution >= 4 is 27.8 Å². The van der Waals surface area contributed by atoms with Crippen molar-refractivity contribution in [3.05, 3.63) is 24.3 Å². The Kier molecular flexibility index (Phi) is 6.47. The summed E-state index contributed by atoms with van der Waals surface area (Å²) in [6.07, 6.45) is 0. The monoisotopic (exact) mass is 413 g/mol. The number of sulfonamides is 1. The summed E-state index contributed by atoms with van der Waals surface area (Å²) in [5.41, 5.74) is -1.58. The largest absolute Gasteiger partial charge is 0.481 e. The van der Waals surface area contributed by atoms with Crippen molar-refractivity contribution in [2.24, 2.45) is 0 Å². The minimum absolute atomic E-state index is 0.00599. The lowest BCUT2D eigenvalue weighted by Crippen LogP contribution is -2.67. The number of carbonyl (C=O) groups is 1. The van der Waals surface area contributed by atoms with Gasteiger partial charge in [-0.2, -0.15) is 16.1 Å². The van der Waals surface area contributed by atoms with Gasteiger partial charge in [0.1, 0.15) is 24.5 Å². The van der Waals surface area contributed by atoms with Crippen LogP contribution in [0.25, 0.3) is 0 Å². The molecule has 148 valence electrons. The quantitative estimate of drug-likeness (QED) is 0.704. The third kappa shape index (κ3) is 4.09. The highest BCUT2D eigenvalue weighted by molar-refractivity contribution is 8.01. The first kappa shape index (κ1) is 21.6. The van der Waals surface area contributed by atoms with Crippen molar-refractivity contribution in [3.63, 3.8) is 0 Å². The summed E-state index contributed by atoms with van der Waals surface area (Å²) in [6, 6.07) is 5.77. The molecule has 1 atom stereocenters. The smallest absolute Gasteiger partial charge is 0.326 e. The fraction of sp³-hybridized carbons (Fsp3) is 0.500. The van der Waals surface area contributed by atoms with E-state index in [0.717, 1.165) is 4.31 Å². The van der Waals surface area contributed by atoms with E-state index in [2.05, 4.69) is 11.8 Å². The lowest BCUT2D eigenvalue weighted by molar-refractivity contribution is -0.149. The van der Waals surface area contributed by atoms with E-state index < -0.39 is 26.3 Å². The number of benzene rings is 1. The van der Waals surface area contributed by atoms with E-state index in [1.54, 1.807) is 13.8 Å². The van der Waals surface area contributed by atoms with Gasteiger partial charge in [-0.05, 0) is 45.0 Å². The maximum atomic E-state index is 13.2. The summed E-state index contributed by atoms with van der Waals surface area (Å²) in [5.74, 6) is 4.81. The summed E-state index contributed by atoms with van der Waals surface area (Å²) in [7, 11) is -4.01. The van der Waals surface area contributed by atoms with Gasteiger partial charge in [0, 0.05) is 17.0 Å². The van der Waals surface area contributed by atoms with Gasteiger partial charge in [-0.15, -0.1) is 0 Å². The lowest BCUT2D eigenvalue weighted by atomic mass is 9.87. The number of nitrogens with zero attached hydrogens (tertiary/aromatic N) is 1. The van der Waals surface area contributed by atoms with Crippen molar-refractivity contribution in [1.29, 1.82) is 0 Å². The zero-order valence-electron chi connectivity index (χ0n) is 15.4. The fourth-order valence-electron chi connectivity index (χ4n) is 2.83. The Morgan fingerprint density at radius 2 is 1.89 bits per heavy atom. The van der Waals surface area contributed by atoms with Gasteiger partial charge in [0.15, 0.2) is 0 Å². The maximum absolute atomic E-state index is 13.2. The summed E-state index contributed by atoms with van der Waals surface area (Å²) in [4.78, 5) is 12.0. The zero-order chi connectivity index (χ0) is 20.3. The van der Waals surface area contributed by atoms with E-state index in [1.807, 2.05) is 0 Å². The van der Waals surface area contributed by atoms with Crippen LogP contribution in [0.1, 0.15) is 20.8 Å². The van der Waals surface area contributed by atoms with Crippen LogP contribution in [-0.2, 0) is 14.8 Å². The molecule has 1 aromatic rings. The molecule has 27 heavy (non-hydrogen) atoms. The second-order valence-electron chi connectivity index (χ2n) is 6.59. The Morgan fingerprint density at radius 3 is 2.44 bits per heavy atom. The van der Waals surface area contributed by atoms with Crippen LogP contribution in [0.5, 0.6) is 5.75 Å². The van der Waals surface area contributed by atoms with Gasteiger partial charge >= 0.3 is 5.97 Å². The van der Waals surface area contributed by atoms with Crippen LogP contribution < -0.4 is 4.74 Å². The predicted molar refractivity (Wildman–Crippen MR) is 103 cm³/mol. The van der Waals surface area contributed by atoms with Gasteiger partial charge in [-0.3, -0.25) is 4.79 Å². The van der Waals surface area contributed by atoms with Crippen LogP contribution in [0.4, 0.5) is 0 Å². The van der Waals surface area contributed by atoms with Crippen molar-refractivity contribution < 1.29 is 28.2 Å². The molecule has 1 heterocycles. The topological polar surface area (TPSA) is 104 Å². The average Bonchev–Trinajstić information content (AvgIpc) is 2.61. The van der Waals surface area contributed by atoms with Crippen LogP contribution in [-0.4, -0.2) is 64.7 Å². The lowest BCUT2D eigenvalue weighted by Gasteiger charge is -2.50. The van der Waals surface area contributed by atoms with Crippen molar-refractivity contribution in [3.8, 4) is 17.6 Å². The van der Waals surface area contributed by atoms with Gasteiger partial charge in [0.05, 0.1) is 4.90 Å². The molecule has 0 aromatic heterocycles. The minimum atomic E-state index is -4.01. The molecule has 9 heteroatoms. The first-order valence-electron chi connectivity index (χ1n) is 8.27. The number of aliphatic carboxylic acids is 1. The third-order valence-electron chi connectivity index (χ3n) is 4.77. The molecule has 0 bridgehead atoms. The number of thioether (sulfide) groups is 1. The van der Waals surface area contributed by atoms with Crippen LogP contribution in [0.3, 0.4) is 0 Å². The highest BCUT2D eigenvalue weighted by atomic mass is 32.2. The molecule has 2 rings (SSSR count). The number of rotatable bonds is 5. The third-order valence-corrected chi connectivity index (χ3v) is 8.27. The summed E-state index contributed by atoms with van der Waals surface area (Å²) in [6.45, 7) is 4.88. The number of hydrogen-bond acceptors (Lipinski definition) is 6. The van der Waals surface area contributed by atoms with E-state index >= 15 is 0 Å². The molecule has 0 saturated carbocycles. The van der Waals surface area contributed by atoms with Crippen molar-refractivity contribution in [1.82, 2.24) is 4.31 Å². The Labute approximate surface area is 163 Å². The molecule has 0 aliphatic carbocycles. The number of carboxylic acids is 1. The average molecular weight is 414 g/mol. The standard InChI is InChI=1S/C18H23NO6S2/c1-17(2)18(3,16(21)22)19(10-13-26-17)27(23,24)15-8-6-14(7-9-15)25-12-5-4-11-20/h6-9,20H,10-13H2,1-3H3,(H,21,22)/t18-/m0/s1. The number of hydrogen-bond donors (Lipinski definition) is 2. The Bertz CT molecular complexity index is 854. The van der Waals surface area contributed by atoms with Crippen LogP contribution >= 0.6 is 11.8 Å². The van der Waals surface area contributed by atoms with Crippen LogP contribution in [0, 0.1) is 11.8 Å². The second kappa shape index (κ2) is 8.10. The number of ether oxygens (including phenoxy) is 1. The fourth-order valence-corrected chi connectivity index (χ4v) is 6.12. The molecule has 1 fully saturated rings. The predicted octanol–water partition coefficient (Wildman–Crippen LogP) is 1.42. The summed E-state index contributed by atoms with van der Waals surface area (Å²) >= 11 is 1.45. The highest BCUT2D eigenvalue weighted by Crippen LogP contribution is 2.45. The minimum Gasteiger partial charge on any atom is -0.481 e. The van der Waals surface area contributed by atoms with E-state index in [4.69, 9.17) is 9.84 Å². The van der Waals surface area contributed by atoms with Crippen molar-refractivity contribution in [2.45, 2.75) is 36.0 Å². The van der Waals surface area contributed by atoms with Crippen LogP contribution in [0.15, 0.2) is 29.2 Å². The zero-order valence-corrected chi connectivity index (χ0v) is 17.1. The van der Waals surface area contributed by atoms with E-state index in [0.29, 0.717) is 11.5 Å². The van der Waals surface area contributed by atoms with Gasteiger partial charge in [-0.1, -0.05) is 11.8 Å². The first-order chi connectivity index (χ1) is 12.6. The number of carboxylic acid groups (broad SMARTS) is 1. The SMILES string of the molecule is CC1(C)SCCN(S(=O)(=O)c2ccc(OCC#CCO)cc2)[C@@]1(C)C(=O)O. The van der Waals surface area contributed by atoms with Gasteiger partial charge < -0.3 is 14.9 Å². The second-order valence-corrected chi connectivity index (χ2v) is 10.2. The molecule has 1 aromatic carbocycles. The summed E-state index contributed by atoms with van der Waals surface area (Å²) in [5, 5.41) is 18.4. The van der Waals surface area contributed by atoms with Gasteiger partial charge in [-0.25, -0.2) is 8.42 Å². The molecule has 1 aliphatic heterocycles. The van der Waals surface area contributed by atoms with Gasteiger partial charge in [0.25, 0.3) is 0 Å². The molecule has 0 unspecified atom stereocenters. The molecule has 0 amide bonds. The Balaban J connectivity index is 2.32. The normalized spacial score (nSPS) is 22.5. The van der Waals surface area contributed by atoms with Crippen molar-refractivity contribution in [2.75, 3.05) is 25.5 Å². The molecular weight excluding hydrogens is 390 g/mol. The Hall–Kier alpha value is -1.73.